The van der Waals surface area contributed by atoms with Crippen molar-refractivity contribution in [1.29, 1.82) is 0 Å². The van der Waals surface area contributed by atoms with Crippen molar-refractivity contribution in [3.8, 4) is 0 Å². The molecule has 0 fully saturated rings. The first-order valence-corrected chi connectivity index (χ1v) is 5.01. The molecule has 0 radical (unpaired) electrons. The first-order chi connectivity index (χ1) is 7.65. The summed E-state index contributed by atoms with van der Waals surface area (Å²) in [6, 6.07) is 2.92. The Bertz CT molecular complexity index is 402. The van der Waals surface area contributed by atoms with Crippen LogP contribution in [0.2, 0.25) is 0 Å². The molecule has 1 heterocycles. The van der Waals surface area contributed by atoms with Gasteiger partial charge in [0.2, 0.25) is 0 Å². The van der Waals surface area contributed by atoms with Crippen LogP contribution < -0.4 is 5.56 Å². The highest BCUT2D eigenvalue weighted by atomic mass is 16.5. The molecule has 1 aromatic heterocycles. The van der Waals surface area contributed by atoms with Gasteiger partial charge in [-0.3, -0.25) is 4.79 Å². The molecular formula is C10H14N2O4. The highest BCUT2D eigenvalue weighted by molar-refractivity contribution is 5.72. The Labute approximate surface area is 92.5 Å². The standard InChI is InChI=1S/C10H14N2O4/c1-2-16-8(10(14)15)5-7-12-9(13)4-3-6-11-12/h3-4,6,8H,2,5,7H2,1H3,(H,14,15). The topological polar surface area (TPSA) is 81.4 Å². The van der Waals surface area contributed by atoms with Crippen LogP contribution in [0.1, 0.15) is 13.3 Å². The summed E-state index contributed by atoms with van der Waals surface area (Å²) in [7, 11) is 0. The van der Waals surface area contributed by atoms with Gasteiger partial charge in [0, 0.05) is 31.8 Å². The van der Waals surface area contributed by atoms with Crippen molar-refractivity contribution in [2.45, 2.75) is 26.0 Å². The lowest BCUT2D eigenvalue weighted by Crippen LogP contribution is -2.29. The summed E-state index contributed by atoms with van der Waals surface area (Å²) in [5.74, 6) is -1.02. The van der Waals surface area contributed by atoms with Crippen LogP contribution in [-0.2, 0) is 16.1 Å². The number of aliphatic carboxylic acids is 1. The van der Waals surface area contributed by atoms with Gasteiger partial charge in [0.25, 0.3) is 5.56 Å². The zero-order chi connectivity index (χ0) is 12.0. The summed E-state index contributed by atoms with van der Waals surface area (Å²) in [6.07, 6.45) is 0.816. The zero-order valence-corrected chi connectivity index (χ0v) is 9.00. The second kappa shape index (κ2) is 6.02. The molecule has 0 saturated heterocycles. The lowest BCUT2D eigenvalue weighted by atomic mass is 10.2. The van der Waals surface area contributed by atoms with E-state index >= 15 is 0 Å². The molecule has 1 unspecified atom stereocenters. The van der Waals surface area contributed by atoms with Gasteiger partial charge in [0.05, 0.1) is 0 Å². The SMILES string of the molecule is CCOC(CCn1ncccc1=O)C(=O)O. The Morgan fingerprint density at radius 2 is 2.44 bits per heavy atom. The largest absolute Gasteiger partial charge is 0.479 e. The van der Waals surface area contributed by atoms with Crippen LogP contribution in [0.4, 0.5) is 0 Å². The number of aromatic nitrogens is 2. The van der Waals surface area contributed by atoms with Crippen LogP contribution in [0.15, 0.2) is 23.1 Å². The molecule has 6 nitrogen and oxygen atoms in total. The van der Waals surface area contributed by atoms with Crippen LogP contribution in [0.3, 0.4) is 0 Å². The van der Waals surface area contributed by atoms with E-state index in [9.17, 15) is 9.59 Å². The quantitative estimate of drug-likeness (QED) is 0.745. The lowest BCUT2D eigenvalue weighted by Gasteiger charge is -2.12. The lowest BCUT2D eigenvalue weighted by molar-refractivity contribution is -0.150. The highest BCUT2D eigenvalue weighted by Gasteiger charge is 2.17. The summed E-state index contributed by atoms with van der Waals surface area (Å²) in [6.45, 7) is 2.29. The first kappa shape index (κ1) is 12.4. The summed E-state index contributed by atoms with van der Waals surface area (Å²) in [5, 5.41) is 12.6. The second-order valence-electron chi connectivity index (χ2n) is 3.16. The average Bonchev–Trinajstić information content (AvgIpc) is 2.26. The van der Waals surface area contributed by atoms with Crippen molar-refractivity contribution < 1.29 is 14.6 Å². The van der Waals surface area contributed by atoms with Crippen molar-refractivity contribution in [2.24, 2.45) is 0 Å². The Morgan fingerprint density at radius 1 is 1.69 bits per heavy atom. The van der Waals surface area contributed by atoms with Crippen molar-refractivity contribution >= 4 is 5.97 Å². The van der Waals surface area contributed by atoms with Crippen molar-refractivity contribution in [3.05, 3.63) is 28.7 Å². The van der Waals surface area contributed by atoms with Gasteiger partial charge in [-0.2, -0.15) is 5.10 Å². The fraction of sp³-hybridized carbons (Fsp3) is 0.500. The molecule has 1 rings (SSSR count). The second-order valence-corrected chi connectivity index (χ2v) is 3.16. The number of carboxylic acids is 1. The number of carboxylic acid groups (broad SMARTS) is 1. The van der Waals surface area contributed by atoms with Crippen LogP contribution in [0.25, 0.3) is 0 Å². The van der Waals surface area contributed by atoms with E-state index < -0.39 is 12.1 Å². The predicted octanol–water partition coefficient (Wildman–Crippen LogP) is 0.123. The summed E-state index contributed by atoms with van der Waals surface area (Å²) in [5.41, 5.74) is -0.247. The molecule has 0 spiro atoms. The van der Waals surface area contributed by atoms with Crippen LogP contribution in [0.5, 0.6) is 0 Å². The number of rotatable bonds is 6. The van der Waals surface area contributed by atoms with Gasteiger partial charge in [-0.15, -0.1) is 0 Å². The van der Waals surface area contributed by atoms with E-state index in [0.29, 0.717) is 6.61 Å². The van der Waals surface area contributed by atoms with Gasteiger partial charge in [-0.1, -0.05) is 0 Å². The third-order valence-electron chi connectivity index (χ3n) is 2.03. The number of carbonyl (C=O) groups is 1. The van der Waals surface area contributed by atoms with E-state index in [2.05, 4.69) is 5.10 Å². The average molecular weight is 226 g/mol. The Kier molecular flexibility index (Phi) is 4.65. The molecule has 1 aromatic rings. The smallest absolute Gasteiger partial charge is 0.332 e. The zero-order valence-electron chi connectivity index (χ0n) is 9.00. The molecule has 1 N–H and O–H groups in total. The fourth-order valence-electron chi connectivity index (χ4n) is 1.27. The Morgan fingerprint density at radius 3 is 3.00 bits per heavy atom. The molecule has 0 aliphatic carbocycles. The van der Waals surface area contributed by atoms with Crippen molar-refractivity contribution in [3.63, 3.8) is 0 Å². The molecule has 0 aliphatic rings. The van der Waals surface area contributed by atoms with Crippen LogP contribution >= 0.6 is 0 Å². The molecule has 0 bridgehead atoms. The third kappa shape index (κ3) is 3.47. The molecular weight excluding hydrogens is 212 g/mol. The van der Waals surface area contributed by atoms with Crippen LogP contribution in [-0.4, -0.2) is 33.6 Å². The number of hydrogen-bond donors (Lipinski definition) is 1. The number of aryl methyl sites for hydroxylation is 1. The van der Waals surface area contributed by atoms with E-state index in [4.69, 9.17) is 9.84 Å². The van der Waals surface area contributed by atoms with E-state index in [1.807, 2.05) is 0 Å². The molecule has 0 aliphatic heterocycles. The van der Waals surface area contributed by atoms with Gasteiger partial charge in [0.15, 0.2) is 6.10 Å². The maximum atomic E-state index is 11.3. The molecule has 16 heavy (non-hydrogen) atoms. The van der Waals surface area contributed by atoms with E-state index in [-0.39, 0.29) is 18.5 Å². The molecule has 0 amide bonds. The Balaban J connectivity index is 2.59. The Hall–Kier alpha value is -1.69. The number of ether oxygens (including phenoxy) is 1. The van der Waals surface area contributed by atoms with Gasteiger partial charge in [-0.05, 0) is 13.0 Å². The molecule has 6 heteroatoms. The maximum absolute atomic E-state index is 11.3. The first-order valence-electron chi connectivity index (χ1n) is 5.01. The summed E-state index contributed by atoms with van der Waals surface area (Å²) >= 11 is 0. The van der Waals surface area contributed by atoms with E-state index in [0.717, 1.165) is 0 Å². The molecule has 88 valence electrons. The highest BCUT2D eigenvalue weighted by Crippen LogP contribution is 2.00. The monoisotopic (exact) mass is 226 g/mol. The van der Waals surface area contributed by atoms with Gasteiger partial charge in [0.1, 0.15) is 0 Å². The number of nitrogens with zero attached hydrogens (tertiary/aromatic N) is 2. The predicted molar refractivity (Wildman–Crippen MR) is 56.2 cm³/mol. The van der Waals surface area contributed by atoms with Crippen LogP contribution in [0, 0.1) is 0 Å². The fourth-order valence-corrected chi connectivity index (χ4v) is 1.27. The minimum Gasteiger partial charge on any atom is -0.479 e. The van der Waals surface area contributed by atoms with Gasteiger partial charge < -0.3 is 9.84 Å². The molecule has 1 atom stereocenters. The van der Waals surface area contributed by atoms with Gasteiger partial charge in [-0.25, -0.2) is 9.48 Å². The van der Waals surface area contributed by atoms with E-state index in [1.54, 1.807) is 6.92 Å². The number of hydrogen-bond acceptors (Lipinski definition) is 4. The van der Waals surface area contributed by atoms with E-state index in [1.165, 1.54) is 23.0 Å². The molecule has 0 aromatic carbocycles. The van der Waals surface area contributed by atoms with Crippen molar-refractivity contribution in [2.75, 3.05) is 6.61 Å². The minimum atomic E-state index is -1.02. The third-order valence-corrected chi connectivity index (χ3v) is 2.03. The van der Waals surface area contributed by atoms with Gasteiger partial charge >= 0.3 is 5.97 Å². The minimum absolute atomic E-state index is 0.222. The summed E-state index contributed by atoms with van der Waals surface area (Å²) in [4.78, 5) is 22.0. The molecule has 0 saturated carbocycles. The normalized spacial score (nSPS) is 12.3. The maximum Gasteiger partial charge on any atom is 0.332 e. The summed E-state index contributed by atoms with van der Waals surface area (Å²) < 4.78 is 6.24. The van der Waals surface area contributed by atoms with Crippen molar-refractivity contribution in [1.82, 2.24) is 9.78 Å².